The van der Waals surface area contributed by atoms with Crippen molar-refractivity contribution in [2.45, 2.75) is 6.92 Å². The number of nitrogens with one attached hydrogen (secondary N) is 3. The van der Waals surface area contributed by atoms with Gasteiger partial charge in [0.1, 0.15) is 6.33 Å². The first-order valence-electron chi connectivity index (χ1n) is 8.09. The lowest BCUT2D eigenvalue weighted by Crippen LogP contribution is -2.30. The molecule has 0 spiro atoms. The maximum atomic E-state index is 12.1. The van der Waals surface area contributed by atoms with Gasteiger partial charge in [0.25, 0.3) is 5.91 Å². The van der Waals surface area contributed by atoms with Gasteiger partial charge in [-0.05, 0) is 42.8 Å². The van der Waals surface area contributed by atoms with Crippen LogP contribution in [0.5, 0.6) is 0 Å². The molecule has 1 heterocycles. The van der Waals surface area contributed by atoms with Crippen molar-refractivity contribution < 1.29 is 9.72 Å². The number of halogens is 1. The van der Waals surface area contributed by atoms with Crippen LogP contribution < -0.4 is 16.2 Å². The Morgan fingerprint density at radius 1 is 1.11 bits per heavy atom. The second-order valence-corrected chi connectivity index (χ2v) is 6.14. The molecule has 3 aromatic rings. The molecule has 9 nitrogen and oxygen atoms in total. The molecule has 0 aliphatic carbocycles. The predicted octanol–water partition coefficient (Wildman–Crippen LogP) is 3.85. The van der Waals surface area contributed by atoms with E-state index < -0.39 is 16.5 Å². The van der Waals surface area contributed by atoms with Gasteiger partial charge in [0, 0.05) is 16.3 Å². The number of hydrogen-bond acceptors (Lipinski definition) is 7. The zero-order valence-electron chi connectivity index (χ0n) is 14.6. The predicted molar refractivity (Wildman–Crippen MR) is 106 cm³/mol. The number of nitro groups is 1. The van der Waals surface area contributed by atoms with E-state index in [-0.39, 0.29) is 11.6 Å². The van der Waals surface area contributed by atoms with Crippen LogP contribution in [0.25, 0.3) is 0 Å². The summed E-state index contributed by atoms with van der Waals surface area (Å²) in [4.78, 5) is 30.9. The fraction of sp³-hybridized carbons (Fsp3) is 0.0556. The van der Waals surface area contributed by atoms with Gasteiger partial charge in [-0.25, -0.2) is 9.97 Å². The Balaban J connectivity index is 1.85. The molecule has 0 radical (unpaired) electrons. The summed E-state index contributed by atoms with van der Waals surface area (Å²) in [7, 11) is 0. The summed E-state index contributed by atoms with van der Waals surface area (Å²) in [5, 5.41) is 15.1. The molecule has 0 atom stereocenters. The van der Waals surface area contributed by atoms with E-state index in [1.165, 1.54) is 0 Å². The van der Waals surface area contributed by atoms with Crippen molar-refractivity contribution >= 4 is 40.5 Å². The maximum Gasteiger partial charge on any atom is 0.355 e. The van der Waals surface area contributed by atoms with Gasteiger partial charge in [-0.1, -0.05) is 29.8 Å². The molecule has 28 heavy (non-hydrogen) atoms. The van der Waals surface area contributed by atoms with Crippen LogP contribution in [0.4, 0.5) is 23.0 Å². The average Bonchev–Trinajstić information content (AvgIpc) is 2.68. The van der Waals surface area contributed by atoms with E-state index in [2.05, 4.69) is 26.1 Å². The van der Waals surface area contributed by atoms with E-state index >= 15 is 0 Å². The van der Waals surface area contributed by atoms with E-state index in [9.17, 15) is 14.9 Å². The average molecular weight is 399 g/mol. The molecule has 3 rings (SSSR count). The third-order valence-corrected chi connectivity index (χ3v) is 4.01. The molecule has 10 heteroatoms. The van der Waals surface area contributed by atoms with Gasteiger partial charge in [0.15, 0.2) is 0 Å². The van der Waals surface area contributed by atoms with Crippen molar-refractivity contribution in [3.05, 3.63) is 81.1 Å². The third kappa shape index (κ3) is 4.33. The molecule has 0 unspecified atom stereocenters. The van der Waals surface area contributed by atoms with Crippen molar-refractivity contribution in [3.63, 3.8) is 0 Å². The number of aryl methyl sites for hydroxylation is 1. The first-order chi connectivity index (χ1) is 13.5. The molecule has 142 valence electrons. The minimum Gasteiger partial charge on any atom is -0.334 e. The zero-order valence-corrected chi connectivity index (χ0v) is 15.4. The molecule has 0 bridgehead atoms. The van der Waals surface area contributed by atoms with Gasteiger partial charge in [-0.3, -0.25) is 25.8 Å². The van der Waals surface area contributed by atoms with Crippen LogP contribution >= 0.6 is 11.6 Å². The van der Waals surface area contributed by atoms with Gasteiger partial charge in [0.05, 0.1) is 4.92 Å². The minimum atomic E-state index is -0.634. The Hall–Kier alpha value is -3.72. The number of carbonyl (C=O) groups excluding carboxylic acids is 1. The highest BCUT2D eigenvalue weighted by molar-refractivity contribution is 6.30. The summed E-state index contributed by atoms with van der Waals surface area (Å²) in [6.45, 7) is 1.81. The maximum absolute atomic E-state index is 12.1. The molecule has 0 aliphatic heterocycles. The molecule has 0 saturated carbocycles. The Kier molecular flexibility index (Phi) is 5.66. The van der Waals surface area contributed by atoms with Crippen molar-refractivity contribution in [2.75, 3.05) is 10.7 Å². The molecule has 3 N–H and O–H groups in total. The second-order valence-electron chi connectivity index (χ2n) is 5.71. The smallest absolute Gasteiger partial charge is 0.334 e. The van der Waals surface area contributed by atoms with Crippen LogP contribution in [-0.2, 0) is 0 Å². The Bertz CT molecular complexity index is 1030. The Morgan fingerprint density at radius 2 is 1.82 bits per heavy atom. The summed E-state index contributed by atoms with van der Waals surface area (Å²) < 4.78 is 0. The quantitative estimate of drug-likeness (QED) is 0.425. The van der Waals surface area contributed by atoms with Crippen LogP contribution in [0.2, 0.25) is 5.02 Å². The van der Waals surface area contributed by atoms with Crippen molar-refractivity contribution in [3.8, 4) is 0 Å². The Labute approximate surface area is 164 Å². The van der Waals surface area contributed by atoms with Crippen molar-refractivity contribution in [1.29, 1.82) is 0 Å². The fourth-order valence-corrected chi connectivity index (χ4v) is 2.63. The largest absolute Gasteiger partial charge is 0.355 e. The lowest BCUT2D eigenvalue weighted by molar-refractivity contribution is -0.383. The number of benzene rings is 2. The lowest BCUT2D eigenvalue weighted by atomic mass is 10.2. The van der Waals surface area contributed by atoms with E-state index in [0.717, 1.165) is 11.9 Å². The number of nitrogens with zero attached hydrogens (tertiary/aromatic N) is 3. The van der Waals surface area contributed by atoms with Gasteiger partial charge in [0.2, 0.25) is 11.6 Å². The molecule has 0 fully saturated rings. The van der Waals surface area contributed by atoms with Crippen molar-refractivity contribution in [1.82, 2.24) is 15.4 Å². The number of hydrogen-bond donors (Lipinski definition) is 3. The van der Waals surface area contributed by atoms with Crippen LogP contribution in [0.1, 0.15) is 15.9 Å². The zero-order chi connectivity index (χ0) is 20.1. The van der Waals surface area contributed by atoms with E-state index in [1.54, 1.807) is 55.5 Å². The number of aromatic nitrogens is 2. The molecule has 0 saturated heterocycles. The fourth-order valence-electron chi connectivity index (χ4n) is 2.41. The topological polar surface area (TPSA) is 122 Å². The molecule has 1 amide bonds. The molecular formula is C18H15ClN6O3. The van der Waals surface area contributed by atoms with Gasteiger partial charge in [-0.15, -0.1) is 0 Å². The standard InChI is InChI=1S/C18H15ClN6O3/c1-11-9-13(19)7-8-14(11)22-16-15(25(27)28)17(21-10-20-16)23-24-18(26)12-5-3-2-4-6-12/h2-10H,1H3,(H,24,26)(H2,20,21,22,23). The first kappa shape index (κ1) is 19.1. The number of amides is 1. The summed E-state index contributed by atoms with van der Waals surface area (Å²) >= 11 is 5.94. The van der Waals surface area contributed by atoms with Crippen molar-refractivity contribution in [2.24, 2.45) is 0 Å². The third-order valence-electron chi connectivity index (χ3n) is 3.78. The van der Waals surface area contributed by atoms with Gasteiger partial charge >= 0.3 is 5.69 Å². The van der Waals surface area contributed by atoms with E-state index in [4.69, 9.17) is 11.6 Å². The SMILES string of the molecule is Cc1cc(Cl)ccc1Nc1ncnc(NNC(=O)c2ccccc2)c1[N+](=O)[O-]. The first-order valence-corrected chi connectivity index (χ1v) is 8.47. The summed E-state index contributed by atoms with van der Waals surface area (Å²) in [6, 6.07) is 13.5. The molecule has 1 aromatic heterocycles. The van der Waals surface area contributed by atoms with Gasteiger partial charge in [-0.2, -0.15) is 0 Å². The number of rotatable bonds is 6. The highest BCUT2D eigenvalue weighted by atomic mass is 35.5. The number of carbonyl (C=O) groups is 1. The lowest BCUT2D eigenvalue weighted by Gasteiger charge is -2.12. The summed E-state index contributed by atoms with van der Waals surface area (Å²) in [5.74, 6) is -0.642. The second kappa shape index (κ2) is 8.31. The summed E-state index contributed by atoms with van der Waals surface area (Å²) in [5.41, 5.74) is 6.25. The highest BCUT2D eigenvalue weighted by Gasteiger charge is 2.24. The highest BCUT2D eigenvalue weighted by Crippen LogP contribution is 2.32. The number of anilines is 3. The van der Waals surface area contributed by atoms with Crippen LogP contribution in [0.3, 0.4) is 0 Å². The number of hydrazine groups is 1. The summed E-state index contributed by atoms with van der Waals surface area (Å²) in [6.07, 6.45) is 1.15. The van der Waals surface area contributed by atoms with Crippen LogP contribution in [0, 0.1) is 17.0 Å². The molecule has 2 aromatic carbocycles. The molecular weight excluding hydrogens is 384 g/mol. The van der Waals surface area contributed by atoms with Crippen LogP contribution in [0.15, 0.2) is 54.9 Å². The monoisotopic (exact) mass is 398 g/mol. The molecule has 0 aliphatic rings. The van der Waals surface area contributed by atoms with Crippen LogP contribution in [-0.4, -0.2) is 20.8 Å². The van der Waals surface area contributed by atoms with E-state index in [0.29, 0.717) is 16.3 Å². The Morgan fingerprint density at radius 3 is 2.50 bits per heavy atom. The van der Waals surface area contributed by atoms with E-state index in [1.807, 2.05) is 0 Å². The van der Waals surface area contributed by atoms with Gasteiger partial charge < -0.3 is 5.32 Å². The normalized spacial score (nSPS) is 10.2. The minimum absolute atomic E-state index is 0.0260.